The summed E-state index contributed by atoms with van der Waals surface area (Å²) < 4.78 is 9.22. The third-order valence-electron chi connectivity index (χ3n) is 0.635. The van der Waals surface area contributed by atoms with Crippen LogP contribution in [0.3, 0.4) is 0 Å². The molecule has 1 aliphatic rings. The first-order valence-corrected chi connectivity index (χ1v) is 5.81. The Balaban J connectivity index is 3.04. The van der Waals surface area contributed by atoms with Crippen LogP contribution in [0, 0.1) is 0 Å². The number of allylic oxidation sites excluding steroid dienone is 2. The Labute approximate surface area is 49.5 Å². The van der Waals surface area contributed by atoms with Crippen molar-refractivity contribution in [3.63, 3.8) is 0 Å². The quantitative estimate of drug-likeness (QED) is 0.548. The van der Waals surface area contributed by atoms with Gasteiger partial charge in [-0.3, -0.25) is 0 Å². The van der Waals surface area contributed by atoms with E-state index >= 15 is 0 Å². The Bertz CT molecular complexity index is 182. The van der Waals surface area contributed by atoms with Gasteiger partial charge in [0.2, 0.25) is 0 Å². The van der Waals surface area contributed by atoms with Gasteiger partial charge in [0, 0.05) is 10.2 Å². The second-order valence-corrected chi connectivity index (χ2v) is 4.79. The molecule has 0 radical (unpaired) electrons. The number of rotatable bonds is 0. The van der Waals surface area contributed by atoms with Crippen molar-refractivity contribution in [3.8, 4) is 0 Å². The first-order chi connectivity index (χ1) is 3.39. The van der Waals surface area contributed by atoms with E-state index in [9.17, 15) is 0 Å². The highest BCUT2D eigenvalue weighted by Gasteiger charge is 1.79. The lowest BCUT2D eigenvalue weighted by molar-refractivity contribution is -0.308. The van der Waals surface area contributed by atoms with Gasteiger partial charge < -0.3 is 0 Å². The molecule has 0 aromatic carbocycles. The first kappa shape index (κ1) is 5.03. The van der Waals surface area contributed by atoms with Crippen LogP contribution >= 0.6 is 19.2 Å². The fourth-order valence-corrected chi connectivity index (χ4v) is 1.96. The molecule has 0 fully saturated rings. The first-order valence-electron chi connectivity index (χ1n) is 1.96. The predicted octanol–water partition coefficient (Wildman–Crippen LogP) is 0.230. The van der Waals surface area contributed by atoms with Crippen molar-refractivity contribution in [2.75, 3.05) is 0 Å². The Morgan fingerprint density at radius 3 is 2.57 bits per heavy atom. The Morgan fingerprint density at radius 1 is 1.43 bits per heavy atom. The standard InChI is InChI=1S/C5H6IN/c1-6-4-2-3-5-7-6/h2-5H,1H2/p+1. The molecule has 1 heterocycles. The third kappa shape index (κ3) is 1.43. The van der Waals surface area contributed by atoms with Gasteiger partial charge in [-0.05, 0) is 10.6 Å². The van der Waals surface area contributed by atoms with Crippen LogP contribution in [0.2, 0.25) is 0 Å². The lowest BCUT2D eigenvalue weighted by Crippen LogP contribution is -2.54. The average Bonchev–Trinajstić information content (AvgIpc) is 1.69. The maximum absolute atomic E-state index is 3.90. The highest BCUT2D eigenvalue weighted by molar-refractivity contribution is 14.2. The topological polar surface area (TPSA) is 14.0 Å². The fourth-order valence-electron chi connectivity index (χ4n) is 0.339. The van der Waals surface area contributed by atoms with Crippen LogP contribution in [-0.2, 0) is 0 Å². The van der Waals surface area contributed by atoms with Crippen LogP contribution in [0.1, 0.15) is 0 Å². The average molecular weight is 208 g/mol. The van der Waals surface area contributed by atoms with Crippen molar-refractivity contribution < 1.29 is 3.15 Å². The zero-order chi connectivity index (χ0) is 5.11. The van der Waals surface area contributed by atoms with Gasteiger partial charge in [0.25, 0.3) is 0 Å². The van der Waals surface area contributed by atoms with E-state index < -0.39 is 19.2 Å². The molecule has 1 rings (SSSR count). The second kappa shape index (κ2) is 2.26. The number of hydrogen-bond acceptors (Lipinski definition) is 0. The van der Waals surface area contributed by atoms with E-state index in [1.807, 2.05) is 18.4 Å². The van der Waals surface area contributed by atoms with Gasteiger partial charge in [-0.25, -0.2) is 3.15 Å². The lowest BCUT2D eigenvalue weighted by Gasteiger charge is -1.75. The zero-order valence-corrected chi connectivity index (χ0v) is 6.05. The van der Waals surface area contributed by atoms with Crippen molar-refractivity contribution in [1.29, 1.82) is 0 Å². The van der Waals surface area contributed by atoms with Gasteiger partial charge in [-0.1, -0.05) is 0 Å². The predicted molar refractivity (Wildman–Crippen MR) is 40.4 cm³/mol. The van der Waals surface area contributed by atoms with E-state index in [4.69, 9.17) is 0 Å². The summed E-state index contributed by atoms with van der Waals surface area (Å²) in [7, 11) is 0. The van der Waals surface area contributed by atoms with E-state index in [0.717, 1.165) is 0 Å². The molecule has 0 saturated heterocycles. The molecule has 7 heavy (non-hydrogen) atoms. The van der Waals surface area contributed by atoms with Gasteiger partial charge >= 0.3 is 0 Å². The summed E-state index contributed by atoms with van der Waals surface area (Å²) in [6.45, 7) is 0. The molecule has 0 aromatic heterocycles. The van der Waals surface area contributed by atoms with Crippen molar-refractivity contribution in [1.82, 2.24) is 0 Å². The summed E-state index contributed by atoms with van der Waals surface area (Å²) in [6, 6.07) is 0. The summed E-state index contributed by atoms with van der Waals surface area (Å²) in [5, 5.41) is 0. The summed E-state index contributed by atoms with van der Waals surface area (Å²) in [6.07, 6.45) is 5.99. The molecule has 0 aromatic rings. The van der Waals surface area contributed by atoms with E-state index in [1.54, 1.807) is 0 Å². The fraction of sp³-hybridized carbons (Fsp3) is 0. The summed E-state index contributed by atoms with van der Waals surface area (Å²) in [4.78, 5) is 0. The van der Waals surface area contributed by atoms with Crippen molar-refractivity contribution in [3.05, 3.63) is 22.4 Å². The summed E-state index contributed by atoms with van der Waals surface area (Å²) in [5.41, 5.74) is 0. The monoisotopic (exact) mass is 208 g/mol. The molecule has 38 valence electrons. The molecular weight excluding hydrogens is 201 g/mol. The molecule has 1 aliphatic heterocycles. The molecule has 0 spiro atoms. The van der Waals surface area contributed by atoms with Gasteiger partial charge in [0.05, 0.1) is 0 Å². The van der Waals surface area contributed by atoms with Crippen LogP contribution in [0.15, 0.2) is 22.4 Å². The minimum absolute atomic E-state index is 1.01. The normalized spacial score (nSPS) is 19.4. The maximum atomic E-state index is 3.90. The lowest BCUT2D eigenvalue weighted by atomic mass is 10.6. The molecule has 0 saturated carbocycles. The summed E-state index contributed by atoms with van der Waals surface area (Å²) >= 11 is -1.01. The van der Waals surface area contributed by atoms with Crippen LogP contribution in [0.5, 0.6) is 0 Å². The molecule has 0 bridgehead atoms. The van der Waals surface area contributed by atoms with E-state index in [-0.39, 0.29) is 0 Å². The van der Waals surface area contributed by atoms with Crippen molar-refractivity contribution >= 4 is 23.7 Å². The smallest absolute Gasteiger partial charge is 0.169 e. The van der Waals surface area contributed by atoms with Crippen molar-refractivity contribution in [2.24, 2.45) is 0 Å². The van der Waals surface area contributed by atoms with Gasteiger partial charge in [-0.15, -0.1) is 0 Å². The molecule has 2 heteroatoms. The largest absolute Gasteiger partial charge is 0.205 e. The van der Waals surface area contributed by atoms with Crippen LogP contribution in [-0.4, -0.2) is 4.51 Å². The summed E-state index contributed by atoms with van der Waals surface area (Å²) in [5.74, 6) is 0. The SMILES string of the molecule is C=I1=[NH+]C=CC=C1. The molecular formula is C5H7IN+. The molecule has 0 unspecified atom stereocenters. The van der Waals surface area contributed by atoms with E-state index in [1.165, 1.54) is 0 Å². The molecule has 1 nitrogen and oxygen atoms in total. The highest BCUT2D eigenvalue weighted by atomic mass is 127. The van der Waals surface area contributed by atoms with E-state index in [2.05, 4.69) is 11.7 Å². The second-order valence-electron chi connectivity index (χ2n) is 1.18. The molecule has 0 amide bonds. The molecule has 1 N–H and O–H groups in total. The molecule has 0 atom stereocenters. The minimum Gasteiger partial charge on any atom is -0.205 e. The van der Waals surface area contributed by atoms with Gasteiger partial charge in [-0.2, -0.15) is 0 Å². The highest BCUT2D eigenvalue weighted by Crippen LogP contribution is 2.00. The van der Waals surface area contributed by atoms with Crippen molar-refractivity contribution in [2.45, 2.75) is 0 Å². The number of hydrogen-bond donors (Lipinski definition) is 1. The number of nitrogens with one attached hydrogen (secondary N) is 1. The maximum Gasteiger partial charge on any atom is 0.169 e. The van der Waals surface area contributed by atoms with Crippen LogP contribution < -0.4 is 3.15 Å². The minimum atomic E-state index is -1.01. The van der Waals surface area contributed by atoms with E-state index in [0.29, 0.717) is 0 Å². The van der Waals surface area contributed by atoms with Crippen LogP contribution in [0.25, 0.3) is 0 Å². The van der Waals surface area contributed by atoms with Gasteiger partial charge in [0.15, 0.2) is 6.20 Å². The Morgan fingerprint density at radius 2 is 2.29 bits per heavy atom. The van der Waals surface area contributed by atoms with Gasteiger partial charge in [0.1, 0.15) is 19.2 Å². The third-order valence-corrected chi connectivity index (χ3v) is 3.08. The Hall–Kier alpha value is -0.120. The number of halogens is 1. The zero-order valence-electron chi connectivity index (χ0n) is 3.89. The Kier molecular flexibility index (Phi) is 1.62. The van der Waals surface area contributed by atoms with Crippen LogP contribution in [0.4, 0.5) is 0 Å². The molecule has 0 aliphatic carbocycles.